The van der Waals surface area contributed by atoms with E-state index in [-0.39, 0.29) is 29.4 Å². The number of sulfone groups is 1. The minimum absolute atomic E-state index is 0.0525. The molecular formula is C23H26ClN3O4S2. The van der Waals surface area contributed by atoms with Crippen LogP contribution in [0.4, 0.5) is 11.4 Å². The number of nitrogens with zero attached hydrogens (tertiary/aromatic N) is 3. The number of carbonyl (C=O) groups excluding carboxylic acids is 1. The van der Waals surface area contributed by atoms with Crippen molar-refractivity contribution in [2.45, 2.75) is 25.1 Å². The Kier molecular flexibility index (Phi) is 7.21. The van der Waals surface area contributed by atoms with Crippen LogP contribution in [0.1, 0.15) is 13.8 Å². The summed E-state index contributed by atoms with van der Waals surface area (Å²) in [6.45, 7) is 5.78. The maximum atomic E-state index is 12.6. The molecule has 0 bridgehead atoms. The number of hydrogen-bond acceptors (Lipinski definition) is 6. The summed E-state index contributed by atoms with van der Waals surface area (Å²) in [4.78, 5) is 21.0. The number of anilines is 2. The third kappa shape index (κ3) is 5.47. The summed E-state index contributed by atoms with van der Waals surface area (Å²) in [6, 6.07) is 14.5. The van der Waals surface area contributed by atoms with E-state index in [2.05, 4.69) is 23.7 Å². The second-order valence-electron chi connectivity index (χ2n) is 7.89. The zero-order chi connectivity index (χ0) is 23.6. The average molecular weight is 508 g/mol. The van der Waals surface area contributed by atoms with Crippen molar-refractivity contribution < 1.29 is 17.9 Å². The van der Waals surface area contributed by atoms with Gasteiger partial charge in [0.15, 0.2) is 21.6 Å². The van der Waals surface area contributed by atoms with E-state index in [1.54, 1.807) is 24.3 Å². The molecule has 176 valence electrons. The lowest BCUT2D eigenvalue weighted by Crippen LogP contribution is -2.38. The standard InChI is InChI=1S/C23H26ClN3O4S2/c1-3-26(4-2)17-7-9-18(10-8-17)27-20-14-33(29,30)15-21(20)32-23(27)25-22(28)13-31-19-11-5-16(24)6-12-19/h5-12,20-21H,3-4,13-15H2,1-2H3/t20-,21+/m0/s1. The number of carbonyl (C=O) groups is 1. The van der Waals surface area contributed by atoms with E-state index in [4.69, 9.17) is 16.3 Å². The van der Waals surface area contributed by atoms with Crippen molar-refractivity contribution in [2.24, 2.45) is 4.99 Å². The molecule has 2 atom stereocenters. The van der Waals surface area contributed by atoms with Gasteiger partial charge in [0.2, 0.25) is 0 Å². The molecule has 33 heavy (non-hydrogen) atoms. The highest BCUT2D eigenvalue weighted by Crippen LogP contribution is 2.41. The minimum Gasteiger partial charge on any atom is -0.484 e. The molecule has 2 aromatic carbocycles. The van der Waals surface area contributed by atoms with Gasteiger partial charge in [-0.2, -0.15) is 4.99 Å². The van der Waals surface area contributed by atoms with Gasteiger partial charge in [-0.3, -0.25) is 4.79 Å². The van der Waals surface area contributed by atoms with Gasteiger partial charge in [-0.25, -0.2) is 8.42 Å². The van der Waals surface area contributed by atoms with Crippen LogP contribution in [0, 0.1) is 0 Å². The van der Waals surface area contributed by atoms with E-state index in [0.717, 1.165) is 24.5 Å². The average Bonchev–Trinajstić information content (AvgIpc) is 3.25. The van der Waals surface area contributed by atoms with E-state index in [0.29, 0.717) is 15.9 Å². The molecule has 0 radical (unpaired) electrons. The topological polar surface area (TPSA) is 79.3 Å². The number of ether oxygens (including phenoxy) is 1. The molecule has 0 aromatic heterocycles. The molecule has 0 spiro atoms. The number of amides is 1. The van der Waals surface area contributed by atoms with E-state index < -0.39 is 15.7 Å². The molecule has 0 aliphatic carbocycles. The number of benzene rings is 2. The first-order valence-electron chi connectivity index (χ1n) is 10.8. The van der Waals surface area contributed by atoms with Crippen molar-refractivity contribution in [3.63, 3.8) is 0 Å². The highest BCUT2D eigenvalue weighted by molar-refractivity contribution is 8.16. The van der Waals surface area contributed by atoms with Crippen LogP contribution in [0.2, 0.25) is 5.02 Å². The summed E-state index contributed by atoms with van der Waals surface area (Å²) in [6.07, 6.45) is 0. The van der Waals surface area contributed by atoms with Gasteiger partial charge in [0.1, 0.15) is 5.75 Å². The molecule has 1 amide bonds. The molecule has 2 aromatic rings. The smallest absolute Gasteiger partial charge is 0.285 e. The van der Waals surface area contributed by atoms with E-state index >= 15 is 0 Å². The van der Waals surface area contributed by atoms with Crippen LogP contribution in [-0.2, 0) is 14.6 Å². The van der Waals surface area contributed by atoms with Crippen LogP contribution >= 0.6 is 23.4 Å². The number of halogens is 1. The summed E-state index contributed by atoms with van der Waals surface area (Å²) >= 11 is 7.22. The highest BCUT2D eigenvalue weighted by atomic mass is 35.5. The van der Waals surface area contributed by atoms with Crippen LogP contribution < -0.4 is 14.5 Å². The Morgan fingerprint density at radius 3 is 2.42 bits per heavy atom. The third-order valence-corrected chi connectivity index (χ3v) is 9.18. The fraction of sp³-hybridized carbons (Fsp3) is 0.391. The summed E-state index contributed by atoms with van der Waals surface area (Å²) in [5, 5.41) is 0.946. The Bertz CT molecular complexity index is 1130. The fourth-order valence-corrected chi connectivity index (χ4v) is 8.15. The quantitative estimate of drug-likeness (QED) is 0.563. The van der Waals surface area contributed by atoms with Crippen LogP contribution in [0.25, 0.3) is 0 Å². The Morgan fingerprint density at radius 1 is 1.12 bits per heavy atom. The lowest BCUT2D eigenvalue weighted by atomic mass is 10.2. The van der Waals surface area contributed by atoms with Gasteiger partial charge in [0, 0.05) is 34.7 Å². The van der Waals surface area contributed by atoms with Gasteiger partial charge in [0.25, 0.3) is 5.91 Å². The predicted molar refractivity (Wildman–Crippen MR) is 136 cm³/mol. The van der Waals surface area contributed by atoms with E-state index in [1.807, 2.05) is 29.2 Å². The van der Waals surface area contributed by atoms with Crippen molar-refractivity contribution in [3.05, 3.63) is 53.6 Å². The molecule has 4 rings (SSSR count). The lowest BCUT2D eigenvalue weighted by Gasteiger charge is -2.26. The molecule has 2 aliphatic rings. The van der Waals surface area contributed by atoms with Gasteiger partial charge < -0.3 is 14.5 Å². The minimum atomic E-state index is -3.12. The normalized spacial score (nSPS) is 22.4. The summed E-state index contributed by atoms with van der Waals surface area (Å²) < 4.78 is 30.1. The van der Waals surface area contributed by atoms with Crippen molar-refractivity contribution in [1.82, 2.24) is 0 Å². The second kappa shape index (κ2) is 9.95. The zero-order valence-corrected chi connectivity index (χ0v) is 20.9. The van der Waals surface area contributed by atoms with Crippen LogP contribution in [0.15, 0.2) is 53.5 Å². The Hall–Kier alpha value is -2.23. The predicted octanol–water partition coefficient (Wildman–Crippen LogP) is 3.87. The molecule has 0 N–H and O–H groups in total. The number of thioether (sulfide) groups is 1. The first-order chi connectivity index (χ1) is 15.8. The number of amidine groups is 1. The maximum absolute atomic E-state index is 12.6. The van der Waals surface area contributed by atoms with Crippen LogP contribution in [-0.4, -0.2) is 62.0 Å². The van der Waals surface area contributed by atoms with E-state index in [9.17, 15) is 13.2 Å². The van der Waals surface area contributed by atoms with Crippen molar-refractivity contribution in [1.29, 1.82) is 0 Å². The number of hydrogen-bond donors (Lipinski definition) is 0. The van der Waals surface area contributed by atoms with Crippen LogP contribution in [0.5, 0.6) is 5.75 Å². The molecule has 2 heterocycles. The summed E-state index contributed by atoms with van der Waals surface area (Å²) in [5.41, 5.74) is 1.92. The van der Waals surface area contributed by atoms with Crippen molar-refractivity contribution in [2.75, 3.05) is 41.0 Å². The van der Waals surface area contributed by atoms with Crippen molar-refractivity contribution >= 4 is 55.6 Å². The SMILES string of the molecule is CCN(CC)c1ccc(N2C(=NC(=O)COc3ccc(Cl)cc3)S[C@@H]3CS(=O)(=O)C[C@@H]32)cc1. The first-order valence-corrected chi connectivity index (χ1v) is 13.9. The molecule has 10 heteroatoms. The molecular weight excluding hydrogens is 482 g/mol. The number of fused-ring (bicyclic) bond motifs is 1. The molecule has 0 unspecified atom stereocenters. The largest absolute Gasteiger partial charge is 0.484 e. The monoisotopic (exact) mass is 507 g/mol. The first kappa shape index (κ1) is 23.9. The van der Waals surface area contributed by atoms with Gasteiger partial charge in [-0.15, -0.1) is 0 Å². The Balaban J connectivity index is 1.55. The molecule has 7 nitrogen and oxygen atoms in total. The van der Waals surface area contributed by atoms with Gasteiger partial charge >= 0.3 is 0 Å². The van der Waals surface area contributed by atoms with Crippen LogP contribution in [0.3, 0.4) is 0 Å². The Morgan fingerprint density at radius 2 is 1.79 bits per heavy atom. The number of aliphatic imine (C=N–C) groups is 1. The molecule has 2 aliphatic heterocycles. The van der Waals surface area contributed by atoms with Gasteiger partial charge in [0.05, 0.1) is 17.5 Å². The fourth-order valence-electron chi connectivity index (χ4n) is 4.09. The van der Waals surface area contributed by atoms with Gasteiger partial charge in [-0.1, -0.05) is 23.4 Å². The van der Waals surface area contributed by atoms with E-state index in [1.165, 1.54) is 11.8 Å². The zero-order valence-electron chi connectivity index (χ0n) is 18.5. The molecule has 2 saturated heterocycles. The Labute approximate surface area is 203 Å². The number of rotatable bonds is 7. The summed E-state index contributed by atoms with van der Waals surface area (Å²) in [5.74, 6) is 0.237. The summed E-state index contributed by atoms with van der Waals surface area (Å²) in [7, 11) is -3.12. The van der Waals surface area contributed by atoms with Crippen molar-refractivity contribution in [3.8, 4) is 5.75 Å². The molecule has 0 saturated carbocycles. The third-order valence-electron chi connectivity index (χ3n) is 5.72. The second-order valence-corrected chi connectivity index (χ2v) is 11.7. The lowest BCUT2D eigenvalue weighted by molar-refractivity contribution is -0.119. The highest BCUT2D eigenvalue weighted by Gasteiger charge is 2.49. The molecule has 2 fully saturated rings. The van der Waals surface area contributed by atoms with Gasteiger partial charge in [-0.05, 0) is 62.4 Å². The maximum Gasteiger partial charge on any atom is 0.285 e.